The third-order valence-electron chi connectivity index (χ3n) is 1.65. The molecule has 0 spiro atoms. The molecule has 78 valence electrons. The smallest absolute Gasteiger partial charge is 0.265 e. The van der Waals surface area contributed by atoms with Crippen LogP contribution in [0.3, 0.4) is 0 Å². The Kier molecular flexibility index (Phi) is 4.48. The van der Waals surface area contributed by atoms with Crippen molar-refractivity contribution in [2.45, 2.75) is 19.8 Å². The van der Waals surface area contributed by atoms with Gasteiger partial charge in [0.15, 0.2) is 0 Å². The maximum absolute atomic E-state index is 11.5. The molecule has 14 heavy (non-hydrogen) atoms. The quantitative estimate of drug-likeness (QED) is 0.736. The van der Waals surface area contributed by atoms with Gasteiger partial charge in [0.25, 0.3) is 5.91 Å². The highest BCUT2D eigenvalue weighted by atomic mass is 32.1. The van der Waals surface area contributed by atoms with Gasteiger partial charge in [0.05, 0.1) is 12.3 Å². The molecule has 0 fully saturated rings. The Morgan fingerprint density at radius 1 is 1.64 bits per heavy atom. The SMILES string of the molecule is CCCc1nnsc1C(=O)NCCO. The third-order valence-corrected chi connectivity index (χ3v) is 2.41. The molecule has 0 aliphatic heterocycles. The van der Waals surface area contributed by atoms with Gasteiger partial charge in [-0.25, -0.2) is 0 Å². The fourth-order valence-corrected chi connectivity index (χ4v) is 1.66. The summed E-state index contributed by atoms with van der Waals surface area (Å²) in [5.74, 6) is -0.197. The van der Waals surface area contributed by atoms with Crippen LogP contribution in [0.1, 0.15) is 28.7 Å². The summed E-state index contributed by atoms with van der Waals surface area (Å²) in [6.45, 7) is 2.23. The maximum Gasteiger partial charge on any atom is 0.265 e. The lowest BCUT2D eigenvalue weighted by atomic mass is 10.2. The predicted octanol–water partition coefficient (Wildman–Crippen LogP) is 0.213. The van der Waals surface area contributed by atoms with Crippen molar-refractivity contribution in [3.05, 3.63) is 10.6 Å². The van der Waals surface area contributed by atoms with E-state index in [1.54, 1.807) is 0 Å². The summed E-state index contributed by atoms with van der Waals surface area (Å²) in [5, 5.41) is 15.0. The first kappa shape index (κ1) is 11.1. The van der Waals surface area contributed by atoms with Crippen LogP contribution in [0.25, 0.3) is 0 Å². The Morgan fingerprint density at radius 2 is 2.43 bits per heavy atom. The van der Waals surface area contributed by atoms with Crippen LogP contribution >= 0.6 is 11.5 Å². The van der Waals surface area contributed by atoms with E-state index in [0.29, 0.717) is 4.88 Å². The second-order valence-corrected chi connectivity index (χ2v) is 3.53. The van der Waals surface area contributed by atoms with Crippen molar-refractivity contribution in [1.29, 1.82) is 0 Å². The highest BCUT2D eigenvalue weighted by molar-refractivity contribution is 7.08. The summed E-state index contributed by atoms with van der Waals surface area (Å²) in [6, 6.07) is 0. The third kappa shape index (κ3) is 2.74. The van der Waals surface area contributed by atoms with Crippen LogP contribution in [-0.2, 0) is 6.42 Å². The van der Waals surface area contributed by atoms with Crippen LogP contribution in [0.2, 0.25) is 0 Å². The number of carbonyl (C=O) groups is 1. The van der Waals surface area contributed by atoms with Gasteiger partial charge in [-0.2, -0.15) is 0 Å². The number of aromatic nitrogens is 2. The molecule has 6 heteroatoms. The highest BCUT2D eigenvalue weighted by Crippen LogP contribution is 2.11. The van der Waals surface area contributed by atoms with E-state index < -0.39 is 0 Å². The molecule has 0 bridgehead atoms. The maximum atomic E-state index is 11.5. The number of nitrogens with one attached hydrogen (secondary N) is 1. The summed E-state index contributed by atoms with van der Waals surface area (Å²) in [4.78, 5) is 12.0. The first-order valence-corrected chi connectivity index (χ1v) is 5.27. The molecular formula is C8H13N3O2S. The fourth-order valence-electron chi connectivity index (χ4n) is 1.03. The summed E-state index contributed by atoms with van der Waals surface area (Å²) in [7, 11) is 0. The molecule has 1 aromatic rings. The summed E-state index contributed by atoms with van der Waals surface area (Å²) in [6.07, 6.45) is 1.70. The first-order chi connectivity index (χ1) is 6.79. The minimum Gasteiger partial charge on any atom is -0.395 e. The second kappa shape index (κ2) is 5.66. The van der Waals surface area contributed by atoms with E-state index in [0.717, 1.165) is 30.1 Å². The molecule has 0 atom stereocenters. The Hall–Kier alpha value is -1.01. The number of hydrogen-bond acceptors (Lipinski definition) is 5. The standard InChI is InChI=1S/C8H13N3O2S/c1-2-3-6-7(14-11-10-6)8(13)9-4-5-12/h12H,2-5H2,1H3,(H,9,13). The Balaban J connectivity index is 2.63. The van der Waals surface area contributed by atoms with E-state index in [2.05, 4.69) is 14.9 Å². The zero-order valence-electron chi connectivity index (χ0n) is 7.99. The molecule has 1 amide bonds. The van der Waals surface area contributed by atoms with Gasteiger partial charge in [-0.1, -0.05) is 17.8 Å². The number of nitrogens with zero attached hydrogens (tertiary/aromatic N) is 2. The minimum absolute atomic E-state index is 0.0545. The van der Waals surface area contributed by atoms with Crippen molar-refractivity contribution in [2.75, 3.05) is 13.2 Å². The van der Waals surface area contributed by atoms with Gasteiger partial charge in [0, 0.05) is 6.54 Å². The van der Waals surface area contributed by atoms with Crippen molar-refractivity contribution < 1.29 is 9.90 Å². The topological polar surface area (TPSA) is 75.1 Å². The Morgan fingerprint density at radius 3 is 3.07 bits per heavy atom. The lowest BCUT2D eigenvalue weighted by Gasteiger charge is -2.00. The number of aryl methyl sites for hydroxylation is 1. The minimum atomic E-state index is -0.197. The van der Waals surface area contributed by atoms with Crippen LogP contribution < -0.4 is 5.32 Å². The lowest BCUT2D eigenvalue weighted by molar-refractivity contribution is 0.0947. The first-order valence-electron chi connectivity index (χ1n) is 4.49. The molecule has 0 radical (unpaired) electrons. The zero-order chi connectivity index (χ0) is 10.4. The average molecular weight is 215 g/mol. The summed E-state index contributed by atoms with van der Waals surface area (Å²) < 4.78 is 3.74. The van der Waals surface area contributed by atoms with Gasteiger partial charge in [0.2, 0.25) is 0 Å². The van der Waals surface area contributed by atoms with E-state index in [9.17, 15) is 4.79 Å². The molecule has 0 aliphatic rings. The predicted molar refractivity (Wildman–Crippen MR) is 53.3 cm³/mol. The van der Waals surface area contributed by atoms with Crippen LogP contribution in [-0.4, -0.2) is 33.8 Å². The molecule has 0 saturated heterocycles. The van der Waals surface area contributed by atoms with Gasteiger partial charge < -0.3 is 10.4 Å². The van der Waals surface area contributed by atoms with Crippen molar-refractivity contribution in [3.8, 4) is 0 Å². The van der Waals surface area contributed by atoms with Gasteiger partial charge >= 0.3 is 0 Å². The molecule has 1 heterocycles. The molecule has 1 aromatic heterocycles. The van der Waals surface area contributed by atoms with Crippen molar-refractivity contribution >= 4 is 17.4 Å². The highest BCUT2D eigenvalue weighted by Gasteiger charge is 2.14. The molecule has 5 nitrogen and oxygen atoms in total. The average Bonchev–Trinajstić information content (AvgIpc) is 2.63. The number of carbonyl (C=O) groups excluding carboxylic acids is 1. The van der Waals surface area contributed by atoms with Crippen LogP contribution in [0.4, 0.5) is 0 Å². The fraction of sp³-hybridized carbons (Fsp3) is 0.625. The monoisotopic (exact) mass is 215 g/mol. The van der Waals surface area contributed by atoms with E-state index in [1.165, 1.54) is 0 Å². The van der Waals surface area contributed by atoms with Crippen LogP contribution in [0, 0.1) is 0 Å². The molecule has 0 saturated carbocycles. The van der Waals surface area contributed by atoms with Gasteiger partial charge in [-0.3, -0.25) is 4.79 Å². The van der Waals surface area contributed by atoms with E-state index in [4.69, 9.17) is 5.11 Å². The number of amides is 1. The van der Waals surface area contributed by atoms with Crippen LogP contribution in [0.15, 0.2) is 0 Å². The molecule has 0 aromatic carbocycles. The zero-order valence-corrected chi connectivity index (χ0v) is 8.80. The second-order valence-electron chi connectivity index (χ2n) is 2.78. The molecule has 0 aliphatic carbocycles. The molecule has 0 unspecified atom stereocenters. The summed E-state index contributed by atoms with van der Waals surface area (Å²) in [5.41, 5.74) is 0.743. The van der Waals surface area contributed by atoms with Crippen molar-refractivity contribution in [3.63, 3.8) is 0 Å². The number of hydrogen-bond donors (Lipinski definition) is 2. The van der Waals surface area contributed by atoms with Gasteiger partial charge in [0.1, 0.15) is 4.88 Å². The number of aliphatic hydroxyl groups is 1. The Labute approximate surface area is 86.3 Å². The molecular weight excluding hydrogens is 202 g/mol. The van der Waals surface area contributed by atoms with Gasteiger partial charge in [-0.05, 0) is 18.0 Å². The van der Waals surface area contributed by atoms with E-state index >= 15 is 0 Å². The lowest BCUT2D eigenvalue weighted by Crippen LogP contribution is -2.26. The van der Waals surface area contributed by atoms with Crippen molar-refractivity contribution in [1.82, 2.24) is 14.9 Å². The largest absolute Gasteiger partial charge is 0.395 e. The normalized spacial score (nSPS) is 10.1. The molecule has 2 N–H and O–H groups in total. The van der Waals surface area contributed by atoms with Crippen molar-refractivity contribution in [2.24, 2.45) is 0 Å². The Bertz CT molecular complexity index is 301. The van der Waals surface area contributed by atoms with E-state index in [-0.39, 0.29) is 19.1 Å². The van der Waals surface area contributed by atoms with Crippen LogP contribution in [0.5, 0.6) is 0 Å². The summed E-state index contributed by atoms with van der Waals surface area (Å²) >= 11 is 1.09. The van der Waals surface area contributed by atoms with E-state index in [1.807, 2.05) is 6.92 Å². The van der Waals surface area contributed by atoms with Gasteiger partial charge in [-0.15, -0.1) is 5.10 Å². The number of rotatable bonds is 5. The molecule has 1 rings (SSSR count). The number of aliphatic hydroxyl groups excluding tert-OH is 1.